The van der Waals surface area contributed by atoms with Crippen LogP contribution in [0.3, 0.4) is 0 Å². The lowest BCUT2D eigenvalue weighted by atomic mass is 10.0. The zero-order valence-electron chi connectivity index (χ0n) is 13.7. The number of aromatic hydroxyl groups is 1. The molecule has 0 aliphatic carbocycles. The molecule has 0 amide bonds. The molecule has 0 saturated heterocycles. The van der Waals surface area contributed by atoms with Crippen LogP contribution < -0.4 is 5.32 Å². The van der Waals surface area contributed by atoms with Crippen molar-refractivity contribution in [3.63, 3.8) is 0 Å². The van der Waals surface area contributed by atoms with Gasteiger partial charge in [-0.3, -0.25) is 0 Å². The maximum absolute atomic E-state index is 10.7. The number of allylic oxidation sites excluding steroid dienone is 1. The molecule has 2 N–H and O–H groups in total. The zero-order chi connectivity index (χ0) is 16.9. The highest BCUT2D eigenvalue weighted by atomic mass is 32.2. The topological polar surface area (TPSA) is 62.2 Å². The molecule has 1 aromatic heterocycles. The Morgan fingerprint density at radius 3 is 2.55 bits per heavy atom. The molecule has 0 fully saturated rings. The van der Waals surface area contributed by atoms with Crippen LogP contribution in [0.25, 0.3) is 0 Å². The summed E-state index contributed by atoms with van der Waals surface area (Å²) < 4.78 is 0. The van der Waals surface area contributed by atoms with Crippen molar-refractivity contribution in [2.24, 2.45) is 5.92 Å². The first-order valence-electron chi connectivity index (χ1n) is 7.24. The van der Waals surface area contributed by atoms with Crippen molar-refractivity contribution in [1.82, 2.24) is 4.98 Å². The van der Waals surface area contributed by atoms with Crippen LogP contribution in [-0.2, 0) is 4.79 Å². The van der Waals surface area contributed by atoms with E-state index in [0.717, 1.165) is 28.7 Å². The number of aromatic nitrogens is 1. The molecule has 1 atom stereocenters. The molecule has 22 heavy (non-hydrogen) atoms. The molecule has 0 aliphatic rings. The van der Waals surface area contributed by atoms with E-state index in [9.17, 15) is 9.90 Å². The molecule has 4 nitrogen and oxygen atoms in total. The Morgan fingerprint density at radius 2 is 2.00 bits per heavy atom. The molecule has 120 valence electrons. The Hall–Kier alpha value is -1.75. The fraction of sp³-hybridized carbons (Fsp3) is 0.412. The minimum absolute atomic E-state index is 0.151. The summed E-state index contributed by atoms with van der Waals surface area (Å²) in [6.07, 6.45) is 2.27. The maximum Gasteiger partial charge on any atom is 0.140 e. The lowest BCUT2D eigenvalue weighted by Gasteiger charge is -2.18. The van der Waals surface area contributed by atoms with Crippen molar-refractivity contribution in [2.45, 2.75) is 40.5 Å². The van der Waals surface area contributed by atoms with Crippen LogP contribution in [0.4, 0.5) is 5.82 Å². The van der Waals surface area contributed by atoms with Crippen molar-refractivity contribution in [1.29, 1.82) is 0 Å². The number of carbonyl (C=O) groups excluding carboxylic acids is 1. The molecule has 1 aromatic rings. The minimum Gasteiger partial charge on any atom is -0.506 e. The largest absolute Gasteiger partial charge is 0.506 e. The number of thioether (sulfide) groups is 1. The number of anilines is 1. The molecular formula is C17H24N2O2S. The van der Waals surface area contributed by atoms with Crippen LogP contribution >= 0.6 is 11.8 Å². The molecule has 0 saturated carbocycles. The number of nitrogens with one attached hydrogen (secondary N) is 1. The third kappa shape index (κ3) is 4.37. The van der Waals surface area contributed by atoms with Gasteiger partial charge < -0.3 is 15.2 Å². The summed E-state index contributed by atoms with van der Waals surface area (Å²) in [5.41, 5.74) is 2.27. The average Bonchev–Trinajstić information content (AvgIpc) is 2.47. The summed E-state index contributed by atoms with van der Waals surface area (Å²) >= 11 is 1.43. The number of pyridine rings is 1. The number of aldehydes is 1. The van der Waals surface area contributed by atoms with Crippen molar-refractivity contribution in [2.75, 3.05) is 5.32 Å². The monoisotopic (exact) mass is 320 g/mol. The second-order valence-electron chi connectivity index (χ2n) is 5.27. The van der Waals surface area contributed by atoms with Gasteiger partial charge in [0.15, 0.2) is 0 Å². The quantitative estimate of drug-likeness (QED) is 0.693. The van der Waals surface area contributed by atoms with E-state index in [2.05, 4.69) is 23.5 Å². The first kappa shape index (κ1) is 18.3. The second kappa shape index (κ2) is 8.03. The number of hydrogen-bond acceptors (Lipinski definition) is 5. The van der Waals surface area contributed by atoms with Crippen molar-refractivity contribution in [3.05, 3.63) is 39.9 Å². The summed E-state index contributed by atoms with van der Waals surface area (Å²) in [4.78, 5) is 16.0. The molecule has 1 unspecified atom stereocenters. The molecular weight excluding hydrogens is 296 g/mol. The molecule has 5 heteroatoms. The smallest absolute Gasteiger partial charge is 0.140 e. The van der Waals surface area contributed by atoms with Crippen LogP contribution in [0.15, 0.2) is 23.1 Å². The van der Waals surface area contributed by atoms with Crippen LogP contribution in [0, 0.1) is 26.7 Å². The van der Waals surface area contributed by atoms with E-state index in [1.807, 2.05) is 20.8 Å². The Kier molecular flexibility index (Phi) is 6.68. The Morgan fingerprint density at radius 1 is 1.36 bits per heavy atom. The van der Waals surface area contributed by atoms with E-state index in [1.54, 1.807) is 6.92 Å². The highest BCUT2D eigenvalue weighted by Gasteiger charge is 2.14. The predicted molar refractivity (Wildman–Crippen MR) is 94.1 cm³/mol. The Labute approximate surface area is 136 Å². The van der Waals surface area contributed by atoms with Gasteiger partial charge in [0.2, 0.25) is 0 Å². The molecule has 0 aromatic carbocycles. The first-order chi connectivity index (χ1) is 10.3. The number of hydrogen-bond donors (Lipinski definition) is 2. The van der Waals surface area contributed by atoms with E-state index >= 15 is 0 Å². The maximum atomic E-state index is 10.7. The summed E-state index contributed by atoms with van der Waals surface area (Å²) in [7, 11) is 0. The van der Waals surface area contributed by atoms with E-state index in [4.69, 9.17) is 0 Å². The summed E-state index contributed by atoms with van der Waals surface area (Å²) in [5, 5.41) is 13.8. The molecule has 0 aliphatic heterocycles. The summed E-state index contributed by atoms with van der Waals surface area (Å²) in [5.74, 6) is 1.06. The highest BCUT2D eigenvalue weighted by molar-refractivity contribution is 8.06. The van der Waals surface area contributed by atoms with Gasteiger partial charge in [0.1, 0.15) is 17.9 Å². The van der Waals surface area contributed by atoms with Crippen LogP contribution in [0.5, 0.6) is 5.75 Å². The predicted octanol–water partition coefficient (Wildman–Crippen LogP) is 4.46. The lowest BCUT2D eigenvalue weighted by molar-refractivity contribution is -0.108. The van der Waals surface area contributed by atoms with Gasteiger partial charge in [-0.05, 0) is 49.1 Å². The van der Waals surface area contributed by atoms with Gasteiger partial charge in [0.05, 0.1) is 10.7 Å². The number of aryl methyl sites for hydroxylation is 1. The van der Waals surface area contributed by atoms with Crippen LogP contribution in [0.2, 0.25) is 0 Å². The van der Waals surface area contributed by atoms with E-state index in [0.29, 0.717) is 23.0 Å². The van der Waals surface area contributed by atoms with Gasteiger partial charge in [-0.1, -0.05) is 31.8 Å². The third-order valence-electron chi connectivity index (χ3n) is 3.74. The van der Waals surface area contributed by atoms with Gasteiger partial charge in [0.25, 0.3) is 0 Å². The summed E-state index contributed by atoms with van der Waals surface area (Å²) in [6.45, 7) is 15.6. The molecule has 0 bridgehead atoms. The van der Waals surface area contributed by atoms with Crippen molar-refractivity contribution >= 4 is 23.9 Å². The molecule has 0 radical (unpaired) electrons. The SMILES string of the molecule is C=C(Nc1nc(C)c(O)c(C)c1C)SC(=C)C(CC)CC=O. The van der Waals surface area contributed by atoms with Crippen LogP contribution in [-0.4, -0.2) is 16.4 Å². The van der Waals surface area contributed by atoms with Gasteiger partial charge in [-0.2, -0.15) is 0 Å². The van der Waals surface area contributed by atoms with E-state index in [1.165, 1.54) is 11.8 Å². The number of nitrogens with zero attached hydrogens (tertiary/aromatic N) is 1. The van der Waals surface area contributed by atoms with Crippen molar-refractivity contribution < 1.29 is 9.90 Å². The standard InChI is InChI=1S/C17H24N2O2S/c1-7-15(8-9-20)13(5)22-14(6)19-17-11(3)10(2)16(21)12(4)18-17/h9,15,21H,5-8H2,1-4H3,(H,18,19). The highest BCUT2D eigenvalue weighted by Crippen LogP contribution is 2.34. The number of carbonyl (C=O) groups is 1. The van der Waals surface area contributed by atoms with Crippen LogP contribution in [0.1, 0.15) is 36.6 Å². The molecule has 1 heterocycles. The lowest BCUT2D eigenvalue weighted by Crippen LogP contribution is -2.06. The fourth-order valence-corrected chi connectivity index (χ4v) is 2.99. The Balaban J connectivity index is 2.82. The van der Waals surface area contributed by atoms with Gasteiger partial charge in [0, 0.05) is 6.42 Å². The average molecular weight is 320 g/mol. The first-order valence-corrected chi connectivity index (χ1v) is 8.06. The molecule has 1 rings (SSSR count). The third-order valence-corrected chi connectivity index (χ3v) is 4.68. The van der Waals surface area contributed by atoms with Crippen molar-refractivity contribution in [3.8, 4) is 5.75 Å². The molecule has 0 spiro atoms. The summed E-state index contributed by atoms with van der Waals surface area (Å²) in [6, 6.07) is 0. The Bertz CT molecular complexity index is 597. The fourth-order valence-electron chi connectivity index (χ4n) is 2.09. The second-order valence-corrected chi connectivity index (χ2v) is 6.49. The van der Waals surface area contributed by atoms with Gasteiger partial charge in [-0.25, -0.2) is 4.98 Å². The van der Waals surface area contributed by atoms with E-state index in [-0.39, 0.29) is 11.7 Å². The van der Waals surface area contributed by atoms with Gasteiger partial charge >= 0.3 is 0 Å². The number of rotatable bonds is 8. The zero-order valence-corrected chi connectivity index (χ0v) is 14.5. The van der Waals surface area contributed by atoms with Gasteiger partial charge in [-0.15, -0.1) is 0 Å². The normalized spacial score (nSPS) is 11.8. The van der Waals surface area contributed by atoms with E-state index < -0.39 is 0 Å². The minimum atomic E-state index is 0.151.